The number of nitro benzene ring substituents is 1. The first kappa shape index (κ1) is 15.2. The minimum absolute atomic E-state index is 0.133. The van der Waals surface area contributed by atoms with E-state index in [1.54, 1.807) is 0 Å². The fourth-order valence-corrected chi connectivity index (χ4v) is 3.00. The Hall–Kier alpha value is -1.23. The van der Waals surface area contributed by atoms with Gasteiger partial charge in [-0.15, -0.1) is 0 Å². The van der Waals surface area contributed by atoms with Crippen molar-refractivity contribution < 1.29 is 18.4 Å². The summed E-state index contributed by atoms with van der Waals surface area (Å²) in [4.78, 5) is 10.0. The van der Waals surface area contributed by atoms with Crippen molar-refractivity contribution >= 4 is 37.3 Å². The number of nitrogens with one attached hydrogen (secondary N) is 1. The zero-order chi connectivity index (χ0) is 15.1. The Morgan fingerprint density at radius 1 is 1.50 bits per heavy atom. The molecule has 0 bridgehead atoms. The van der Waals surface area contributed by atoms with Crippen molar-refractivity contribution in [1.82, 2.24) is 0 Å². The number of nitro groups is 1. The third-order valence-electron chi connectivity index (χ3n) is 3.11. The first-order chi connectivity index (χ1) is 9.18. The number of hydrogen-bond acceptors (Lipinski definition) is 6. The van der Waals surface area contributed by atoms with Crippen molar-refractivity contribution in [1.29, 1.82) is 0 Å². The molecule has 2 rings (SSSR count). The maximum absolute atomic E-state index is 11.3. The number of sulfonamides is 1. The molecule has 0 amide bonds. The quantitative estimate of drug-likeness (QED) is 0.524. The molecule has 0 unspecified atom stereocenters. The molecule has 0 aliphatic heterocycles. The van der Waals surface area contributed by atoms with E-state index in [2.05, 4.69) is 21.2 Å². The molecular formula is C10H12BrN3O5S. The standard InChI is InChI=1S/C10H12BrN3O5S/c11-7-3-6(20(12,18)19)4-8(14(16)17)9(7)13-10(5-15)1-2-10/h3-4,13,15H,1-2,5H2,(H2,12,18,19). The highest BCUT2D eigenvalue weighted by Gasteiger charge is 2.43. The van der Waals surface area contributed by atoms with E-state index in [0.29, 0.717) is 12.8 Å². The lowest BCUT2D eigenvalue weighted by Gasteiger charge is -2.17. The summed E-state index contributed by atoms with van der Waals surface area (Å²) in [5, 5.41) is 28.2. The van der Waals surface area contributed by atoms with Crippen LogP contribution in [0.1, 0.15) is 12.8 Å². The van der Waals surface area contributed by atoms with Gasteiger partial charge in [0.25, 0.3) is 5.69 Å². The predicted octanol–water partition coefficient (Wildman–Crippen LogP) is 0.942. The van der Waals surface area contributed by atoms with Crippen LogP contribution in [0.5, 0.6) is 0 Å². The first-order valence-electron chi connectivity index (χ1n) is 5.58. The second kappa shape index (κ2) is 4.95. The molecule has 0 spiro atoms. The van der Waals surface area contributed by atoms with Crippen LogP contribution in [0.2, 0.25) is 0 Å². The van der Waals surface area contributed by atoms with Gasteiger partial charge in [0.05, 0.1) is 22.0 Å². The Bertz CT molecular complexity index is 672. The monoisotopic (exact) mass is 365 g/mol. The van der Waals surface area contributed by atoms with Crippen molar-refractivity contribution in [3.05, 3.63) is 26.7 Å². The zero-order valence-corrected chi connectivity index (χ0v) is 12.6. The van der Waals surface area contributed by atoms with E-state index in [9.17, 15) is 23.6 Å². The van der Waals surface area contributed by atoms with Crippen molar-refractivity contribution in [3.63, 3.8) is 0 Å². The molecule has 110 valence electrons. The maximum atomic E-state index is 11.3. The molecular weight excluding hydrogens is 354 g/mol. The molecule has 0 saturated heterocycles. The summed E-state index contributed by atoms with van der Waals surface area (Å²) in [6.07, 6.45) is 1.37. The number of nitrogens with zero attached hydrogens (tertiary/aromatic N) is 1. The summed E-state index contributed by atoms with van der Waals surface area (Å²) in [5.74, 6) is 0. The molecule has 1 aliphatic rings. The lowest BCUT2D eigenvalue weighted by Crippen LogP contribution is -2.26. The van der Waals surface area contributed by atoms with Gasteiger partial charge in [-0.2, -0.15) is 0 Å². The summed E-state index contributed by atoms with van der Waals surface area (Å²) in [6.45, 7) is -0.159. The van der Waals surface area contributed by atoms with E-state index in [1.807, 2.05) is 0 Å². The van der Waals surface area contributed by atoms with Gasteiger partial charge in [-0.3, -0.25) is 10.1 Å². The third kappa shape index (κ3) is 2.92. The Kier molecular flexibility index (Phi) is 3.75. The first-order valence-corrected chi connectivity index (χ1v) is 7.92. The second-order valence-electron chi connectivity index (χ2n) is 4.66. The van der Waals surface area contributed by atoms with E-state index < -0.39 is 26.2 Å². The molecule has 8 nitrogen and oxygen atoms in total. The van der Waals surface area contributed by atoms with Crippen molar-refractivity contribution in [2.75, 3.05) is 11.9 Å². The lowest BCUT2D eigenvalue weighted by atomic mass is 10.2. The highest BCUT2D eigenvalue weighted by Crippen LogP contribution is 2.44. The number of hydrogen-bond donors (Lipinski definition) is 3. The van der Waals surface area contributed by atoms with E-state index >= 15 is 0 Å². The van der Waals surface area contributed by atoms with Crippen molar-refractivity contribution in [2.24, 2.45) is 5.14 Å². The van der Waals surface area contributed by atoms with Crippen LogP contribution in [0, 0.1) is 10.1 Å². The van der Waals surface area contributed by atoms with Crippen LogP contribution in [0.15, 0.2) is 21.5 Å². The van der Waals surface area contributed by atoms with Crippen molar-refractivity contribution in [3.8, 4) is 0 Å². The number of anilines is 1. The van der Waals surface area contributed by atoms with Gasteiger partial charge < -0.3 is 10.4 Å². The van der Waals surface area contributed by atoms with Crippen LogP contribution in [0.3, 0.4) is 0 Å². The average Bonchev–Trinajstić information content (AvgIpc) is 3.10. The van der Waals surface area contributed by atoms with E-state index in [4.69, 9.17) is 5.14 Å². The molecule has 1 saturated carbocycles. The molecule has 1 aromatic carbocycles. The Labute approximate surface area is 123 Å². The van der Waals surface area contributed by atoms with Gasteiger partial charge in [0, 0.05) is 10.5 Å². The van der Waals surface area contributed by atoms with Gasteiger partial charge in [-0.05, 0) is 34.8 Å². The largest absolute Gasteiger partial charge is 0.394 e. The van der Waals surface area contributed by atoms with Gasteiger partial charge >= 0.3 is 0 Å². The van der Waals surface area contributed by atoms with E-state index in [-0.39, 0.29) is 21.7 Å². The van der Waals surface area contributed by atoms with Crippen LogP contribution in [-0.4, -0.2) is 30.6 Å². The molecule has 0 atom stereocenters. The molecule has 1 aliphatic carbocycles. The number of primary sulfonamides is 1. The van der Waals surface area contributed by atoms with Gasteiger partial charge in [0.15, 0.2) is 0 Å². The number of aliphatic hydroxyl groups is 1. The minimum Gasteiger partial charge on any atom is -0.394 e. The topological polar surface area (TPSA) is 136 Å². The molecule has 1 fully saturated rings. The molecule has 10 heteroatoms. The smallest absolute Gasteiger partial charge is 0.294 e. The Morgan fingerprint density at radius 3 is 2.50 bits per heavy atom. The summed E-state index contributed by atoms with van der Waals surface area (Å²) in [6, 6.07) is 2.09. The van der Waals surface area contributed by atoms with E-state index in [0.717, 1.165) is 6.07 Å². The Morgan fingerprint density at radius 2 is 2.10 bits per heavy atom. The summed E-state index contributed by atoms with van der Waals surface area (Å²) < 4.78 is 22.8. The fourth-order valence-electron chi connectivity index (χ4n) is 1.74. The minimum atomic E-state index is -4.04. The fraction of sp³-hybridized carbons (Fsp3) is 0.400. The summed E-state index contributed by atoms with van der Waals surface area (Å²) in [5.41, 5.74) is -0.854. The van der Waals surface area contributed by atoms with Gasteiger partial charge in [-0.1, -0.05) is 0 Å². The highest BCUT2D eigenvalue weighted by atomic mass is 79.9. The van der Waals surface area contributed by atoms with E-state index in [1.165, 1.54) is 6.07 Å². The third-order valence-corrected chi connectivity index (χ3v) is 4.63. The molecule has 20 heavy (non-hydrogen) atoms. The van der Waals surface area contributed by atoms with Crippen molar-refractivity contribution in [2.45, 2.75) is 23.3 Å². The molecule has 0 radical (unpaired) electrons. The number of aliphatic hydroxyl groups excluding tert-OH is 1. The summed E-state index contributed by atoms with van der Waals surface area (Å²) >= 11 is 3.10. The van der Waals surface area contributed by atoms with Crippen LogP contribution < -0.4 is 10.5 Å². The predicted molar refractivity (Wildman–Crippen MR) is 74.8 cm³/mol. The number of halogens is 1. The number of benzene rings is 1. The average molecular weight is 366 g/mol. The van der Waals surface area contributed by atoms with Crippen LogP contribution in [0.25, 0.3) is 0 Å². The zero-order valence-electron chi connectivity index (χ0n) is 10.2. The van der Waals surface area contributed by atoms with Crippen LogP contribution >= 0.6 is 15.9 Å². The SMILES string of the molecule is NS(=O)(=O)c1cc(Br)c(NC2(CO)CC2)c([N+](=O)[O-])c1. The maximum Gasteiger partial charge on any atom is 0.294 e. The van der Waals surface area contributed by atoms with Crippen LogP contribution in [0.4, 0.5) is 11.4 Å². The van der Waals surface area contributed by atoms with Gasteiger partial charge in [0.1, 0.15) is 5.69 Å². The second-order valence-corrected chi connectivity index (χ2v) is 7.08. The van der Waals surface area contributed by atoms with Gasteiger partial charge in [-0.25, -0.2) is 13.6 Å². The van der Waals surface area contributed by atoms with Gasteiger partial charge in [0.2, 0.25) is 10.0 Å². The summed E-state index contributed by atoms with van der Waals surface area (Å²) in [7, 11) is -4.04. The molecule has 0 heterocycles. The molecule has 1 aromatic rings. The molecule has 0 aromatic heterocycles. The highest BCUT2D eigenvalue weighted by molar-refractivity contribution is 9.10. The van der Waals surface area contributed by atoms with Crippen LogP contribution in [-0.2, 0) is 10.0 Å². The number of rotatable bonds is 5. The normalized spacial score (nSPS) is 16.8. The number of nitrogens with two attached hydrogens (primary N) is 1. The Balaban J connectivity index is 2.54. The lowest BCUT2D eigenvalue weighted by molar-refractivity contribution is -0.384. The molecule has 4 N–H and O–H groups in total.